The van der Waals surface area contributed by atoms with Crippen LogP contribution in [-0.2, 0) is 14.0 Å². The molecule has 1 aliphatic carbocycles. The van der Waals surface area contributed by atoms with Crippen molar-refractivity contribution in [2.75, 3.05) is 13.2 Å². The van der Waals surface area contributed by atoms with Crippen LogP contribution >= 0.6 is 8.60 Å². The molecule has 0 aromatic heterocycles. The van der Waals surface area contributed by atoms with Crippen molar-refractivity contribution >= 4 is 14.8 Å². The molecule has 1 fully saturated rings. The lowest BCUT2D eigenvalue weighted by Crippen LogP contribution is -2.33. The molecule has 112 valence electrons. The van der Waals surface area contributed by atoms with Gasteiger partial charge in [0, 0.05) is 5.92 Å². The minimum atomic E-state index is -2.35. The van der Waals surface area contributed by atoms with E-state index in [9.17, 15) is 4.79 Å². The van der Waals surface area contributed by atoms with Crippen LogP contribution in [0, 0.1) is 11.8 Å². The summed E-state index contributed by atoms with van der Waals surface area (Å²) in [5, 5.41) is 0. The molecular weight excluding hydrogens is 271 g/mol. The predicted molar refractivity (Wildman–Crippen MR) is 70.3 cm³/mol. The molecule has 0 aromatic carbocycles. The molecule has 0 heterocycles. The molecule has 0 amide bonds. The highest BCUT2D eigenvalue weighted by Gasteiger charge is 2.29. The Labute approximate surface area is 115 Å². The Morgan fingerprint density at radius 1 is 1.32 bits per heavy atom. The van der Waals surface area contributed by atoms with E-state index in [1.807, 2.05) is 13.8 Å². The number of rotatable bonds is 6. The summed E-state index contributed by atoms with van der Waals surface area (Å²) < 4.78 is 15.1. The fourth-order valence-electron chi connectivity index (χ4n) is 2.07. The van der Waals surface area contributed by atoms with Crippen LogP contribution in [0.4, 0.5) is 4.79 Å². The third-order valence-electron chi connectivity index (χ3n) is 3.03. The second-order valence-corrected chi connectivity index (χ2v) is 5.97. The summed E-state index contributed by atoms with van der Waals surface area (Å²) in [6.45, 7) is 4.44. The highest BCUT2D eigenvalue weighted by Crippen LogP contribution is 2.32. The summed E-state index contributed by atoms with van der Waals surface area (Å²) >= 11 is 0. The van der Waals surface area contributed by atoms with E-state index in [0.29, 0.717) is 6.61 Å². The van der Waals surface area contributed by atoms with Crippen LogP contribution in [-0.4, -0.2) is 35.3 Å². The Morgan fingerprint density at radius 2 is 2.00 bits per heavy atom. The van der Waals surface area contributed by atoms with Crippen molar-refractivity contribution in [3.05, 3.63) is 0 Å². The van der Waals surface area contributed by atoms with Crippen molar-refractivity contribution in [1.29, 1.82) is 0 Å². The molecule has 0 bridgehead atoms. The zero-order chi connectivity index (χ0) is 14.3. The summed E-state index contributed by atoms with van der Waals surface area (Å²) in [6.07, 6.45) is 2.73. The summed E-state index contributed by atoms with van der Waals surface area (Å²) in [6, 6.07) is 0. The molecule has 1 saturated carbocycles. The Kier molecular flexibility index (Phi) is 7.61. The normalized spacial score (nSPS) is 23.7. The minimum Gasteiger partial charge on any atom is -0.434 e. The van der Waals surface area contributed by atoms with Gasteiger partial charge >= 0.3 is 14.8 Å². The molecule has 2 N–H and O–H groups in total. The van der Waals surface area contributed by atoms with Crippen molar-refractivity contribution in [3.8, 4) is 0 Å². The topological polar surface area (TPSA) is 85.2 Å². The van der Waals surface area contributed by atoms with Gasteiger partial charge in [0.2, 0.25) is 0 Å². The van der Waals surface area contributed by atoms with Gasteiger partial charge in [-0.2, -0.15) is 0 Å². The van der Waals surface area contributed by atoms with Crippen LogP contribution in [0.2, 0.25) is 0 Å². The molecule has 0 spiro atoms. The van der Waals surface area contributed by atoms with Crippen molar-refractivity contribution in [3.63, 3.8) is 0 Å². The molecule has 2 unspecified atom stereocenters. The Balaban J connectivity index is 2.36. The molecule has 0 radical (unpaired) electrons. The van der Waals surface area contributed by atoms with Crippen LogP contribution in [0.5, 0.6) is 0 Å². The van der Waals surface area contributed by atoms with E-state index in [1.165, 1.54) is 0 Å². The average Bonchev–Trinajstić information content (AvgIpc) is 2.35. The van der Waals surface area contributed by atoms with Crippen LogP contribution in [0.3, 0.4) is 0 Å². The standard InChI is InChI=1S/C12H23O6P/c1-9(2)7-16-12(13)18-11-6-4-3-5-10(11)8-17-19(14)15/h9-11,14-15H,3-8H2,1-2H3. The zero-order valence-electron chi connectivity index (χ0n) is 11.4. The fourth-order valence-corrected chi connectivity index (χ4v) is 2.40. The van der Waals surface area contributed by atoms with Gasteiger partial charge in [0.1, 0.15) is 6.10 Å². The highest BCUT2D eigenvalue weighted by atomic mass is 31.2. The van der Waals surface area contributed by atoms with Gasteiger partial charge in [-0.3, -0.25) is 0 Å². The third-order valence-corrected chi connectivity index (χ3v) is 3.41. The van der Waals surface area contributed by atoms with E-state index in [0.717, 1.165) is 25.7 Å². The largest absolute Gasteiger partial charge is 0.508 e. The minimum absolute atomic E-state index is 0.00431. The van der Waals surface area contributed by atoms with Gasteiger partial charge in [-0.15, -0.1) is 0 Å². The Bertz CT molecular complexity index is 271. The maximum Gasteiger partial charge on any atom is 0.508 e. The quantitative estimate of drug-likeness (QED) is 0.578. The van der Waals surface area contributed by atoms with Gasteiger partial charge in [-0.1, -0.05) is 20.3 Å². The van der Waals surface area contributed by atoms with Gasteiger partial charge in [-0.25, -0.2) is 4.79 Å². The zero-order valence-corrected chi connectivity index (χ0v) is 12.3. The Hall–Kier alpha value is -0.420. The van der Waals surface area contributed by atoms with E-state index >= 15 is 0 Å². The maximum absolute atomic E-state index is 11.5. The molecular formula is C12H23O6P. The van der Waals surface area contributed by atoms with E-state index in [4.69, 9.17) is 23.8 Å². The van der Waals surface area contributed by atoms with Gasteiger partial charge in [0.15, 0.2) is 0 Å². The molecule has 1 rings (SSSR count). The van der Waals surface area contributed by atoms with Gasteiger partial charge in [-0.05, 0) is 25.2 Å². The smallest absolute Gasteiger partial charge is 0.434 e. The first-order valence-corrected chi connectivity index (χ1v) is 7.79. The van der Waals surface area contributed by atoms with Crippen molar-refractivity contribution in [1.82, 2.24) is 0 Å². The molecule has 0 aliphatic heterocycles. The van der Waals surface area contributed by atoms with Gasteiger partial charge in [0.05, 0.1) is 13.2 Å². The van der Waals surface area contributed by atoms with Crippen molar-refractivity contribution in [2.45, 2.75) is 45.6 Å². The first-order valence-electron chi connectivity index (χ1n) is 6.63. The van der Waals surface area contributed by atoms with Crippen LogP contribution in [0.25, 0.3) is 0 Å². The van der Waals surface area contributed by atoms with E-state index in [-0.39, 0.29) is 24.5 Å². The second kappa shape index (κ2) is 8.69. The van der Waals surface area contributed by atoms with Crippen molar-refractivity contribution in [2.24, 2.45) is 11.8 Å². The fraction of sp³-hybridized carbons (Fsp3) is 0.917. The van der Waals surface area contributed by atoms with Crippen LogP contribution in [0.1, 0.15) is 39.5 Å². The molecule has 7 heteroatoms. The number of hydrogen-bond acceptors (Lipinski definition) is 6. The molecule has 19 heavy (non-hydrogen) atoms. The summed E-state index contributed by atoms with van der Waals surface area (Å²) in [5.41, 5.74) is 0. The average molecular weight is 294 g/mol. The number of ether oxygens (including phenoxy) is 2. The van der Waals surface area contributed by atoms with Crippen LogP contribution in [0.15, 0.2) is 0 Å². The van der Waals surface area contributed by atoms with Gasteiger partial charge < -0.3 is 23.8 Å². The monoisotopic (exact) mass is 294 g/mol. The van der Waals surface area contributed by atoms with E-state index in [1.54, 1.807) is 0 Å². The lowest BCUT2D eigenvalue weighted by molar-refractivity contribution is -0.0257. The number of hydrogen-bond donors (Lipinski definition) is 2. The molecule has 2 atom stereocenters. The molecule has 0 aromatic rings. The summed E-state index contributed by atoms with van der Waals surface area (Å²) in [5.74, 6) is 0.273. The lowest BCUT2D eigenvalue weighted by Gasteiger charge is -2.30. The van der Waals surface area contributed by atoms with Crippen LogP contribution < -0.4 is 0 Å². The summed E-state index contributed by atoms with van der Waals surface area (Å²) in [4.78, 5) is 29.0. The molecule has 6 nitrogen and oxygen atoms in total. The van der Waals surface area contributed by atoms with Gasteiger partial charge in [0.25, 0.3) is 0 Å². The first-order chi connectivity index (χ1) is 8.99. The molecule has 0 saturated heterocycles. The van der Waals surface area contributed by atoms with E-state index in [2.05, 4.69) is 0 Å². The summed E-state index contributed by atoms with van der Waals surface area (Å²) in [7, 11) is -2.35. The number of carbonyl (C=O) groups is 1. The predicted octanol–water partition coefficient (Wildman–Crippen LogP) is 2.58. The third kappa shape index (κ3) is 7.06. The Morgan fingerprint density at radius 3 is 2.63 bits per heavy atom. The first kappa shape index (κ1) is 16.6. The number of carbonyl (C=O) groups excluding carboxylic acids is 1. The second-order valence-electron chi connectivity index (χ2n) is 5.20. The van der Waals surface area contributed by atoms with Crippen molar-refractivity contribution < 1.29 is 28.6 Å². The highest BCUT2D eigenvalue weighted by molar-refractivity contribution is 7.39. The SMILES string of the molecule is CC(C)COC(=O)OC1CCCCC1COP(O)O. The lowest BCUT2D eigenvalue weighted by atomic mass is 9.87. The molecule has 1 aliphatic rings. The maximum atomic E-state index is 11.5. The van der Waals surface area contributed by atoms with E-state index < -0.39 is 14.8 Å².